The first-order valence-electron chi connectivity index (χ1n) is 8.37. The predicted octanol–water partition coefficient (Wildman–Crippen LogP) is 4.55. The van der Waals surface area contributed by atoms with Gasteiger partial charge in [-0.1, -0.05) is 31.4 Å². The summed E-state index contributed by atoms with van der Waals surface area (Å²) in [5.41, 5.74) is 1.14. The molecule has 0 radical (unpaired) electrons. The van der Waals surface area contributed by atoms with Crippen molar-refractivity contribution in [3.8, 4) is 11.5 Å². The molecule has 2 aromatic rings. The number of carbonyl (C=O) groups excluding carboxylic acids is 1. The summed E-state index contributed by atoms with van der Waals surface area (Å²) in [4.78, 5) is 12.1. The van der Waals surface area contributed by atoms with Crippen LogP contribution in [0.5, 0.6) is 11.5 Å². The predicted molar refractivity (Wildman–Crippen MR) is 104 cm³/mol. The summed E-state index contributed by atoms with van der Waals surface area (Å²) in [6, 6.07) is 11.9. The topological polar surface area (TPSA) is 72.5 Å². The first-order chi connectivity index (χ1) is 12.3. The number of unbranched alkanes of at least 4 members (excludes halogenated alkanes) is 2. The molecule has 2 rings (SSSR count). The monoisotopic (exact) mass is 395 g/mol. The van der Waals surface area contributed by atoms with Crippen LogP contribution in [0, 0.1) is 0 Å². The van der Waals surface area contributed by atoms with Gasteiger partial charge in [0.15, 0.2) is 0 Å². The maximum absolute atomic E-state index is 12.1. The van der Waals surface area contributed by atoms with E-state index in [4.69, 9.17) is 16.3 Å². The Kier molecular flexibility index (Phi) is 7.06. The SMILES string of the molecule is CCCCCc1cc(C(=O)NS(C)(=O)=O)ccc1Oc1ccc(Cl)cc1. The Morgan fingerprint density at radius 3 is 2.42 bits per heavy atom. The number of carbonyl (C=O) groups is 1. The van der Waals surface area contributed by atoms with Crippen molar-refractivity contribution in [2.24, 2.45) is 0 Å². The summed E-state index contributed by atoms with van der Waals surface area (Å²) in [7, 11) is -3.61. The highest BCUT2D eigenvalue weighted by atomic mass is 35.5. The molecule has 0 spiro atoms. The van der Waals surface area contributed by atoms with Gasteiger partial charge in [-0.3, -0.25) is 4.79 Å². The van der Waals surface area contributed by atoms with Crippen LogP contribution in [0.25, 0.3) is 0 Å². The number of hydrogen-bond acceptors (Lipinski definition) is 4. The highest BCUT2D eigenvalue weighted by Gasteiger charge is 2.14. The van der Waals surface area contributed by atoms with Crippen LogP contribution < -0.4 is 9.46 Å². The van der Waals surface area contributed by atoms with Crippen LogP contribution in [0.4, 0.5) is 0 Å². The molecular formula is C19H22ClNO4S. The summed E-state index contributed by atoms with van der Waals surface area (Å²) in [5.74, 6) is 0.626. The quantitative estimate of drug-likeness (QED) is 0.665. The molecule has 0 aliphatic heterocycles. The Hall–Kier alpha value is -2.05. The van der Waals surface area contributed by atoms with Gasteiger partial charge in [-0.25, -0.2) is 13.1 Å². The van der Waals surface area contributed by atoms with Gasteiger partial charge in [0.05, 0.1) is 6.26 Å². The van der Waals surface area contributed by atoms with Gasteiger partial charge in [0.1, 0.15) is 11.5 Å². The minimum Gasteiger partial charge on any atom is -0.457 e. The zero-order valence-corrected chi connectivity index (χ0v) is 16.4. The van der Waals surface area contributed by atoms with Crippen molar-refractivity contribution in [3.05, 3.63) is 58.6 Å². The molecule has 5 nitrogen and oxygen atoms in total. The second-order valence-corrected chi connectivity index (χ2v) is 8.22. The van der Waals surface area contributed by atoms with E-state index in [0.29, 0.717) is 16.5 Å². The molecule has 0 heterocycles. The average Bonchev–Trinajstić information content (AvgIpc) is 2.57. The van der Waals surface area contributed by atoms with Crippen molar-refractivity contribution < 1.29 is 17.9 Å². The fourth-order valence-electron chi connectivity index (χ4n) is 2.44. The van der Waals surface area contributed by atoms with Crippen LogP contribution in [0.2, 0.25) is 5.02 Å². The molecule has 2 aromatic carbocycles. The molecule has 0 saturated heterocycles. The van der Waals surface area contributed by atoms with E-state index in [-0.39, 0.29) is 5.56 Å². The van der Waals surface area contributed by atoms with E-state index in [9.17, 15) is 13.2 Å². The maximum Gasteiger partial charge on any atom is 0.264 e. The molecule has 0 aromatic heterocycles. The second-order valence-electron chi connectivity index (χ2n) is 6.04. The minimum atomic E-state index is -3.61. The standard InChI is InChI=1S/C19H22ClNO4S/c1-3-4-5-6-14-13-15(19(22)21-26(2,23)24)7-12-18(14)25-17-10-8-16(20)9-11-17/h7-13H,3-6H2,1-2H3,(H,21,22). The number of rotatable bonds is 8. The van der Waals surface area contributed by atoms with Gasteiger partial charge in [0, 0.05) is 10.6 Å². The third-order valence-corrected chi connectivity index (χ3v) is 4.50. The molecular weight excluding hydrogens is 374 g/mol. The molecule has 0 fully saturated rings. The largest absolute Gasteiger partial charge is 0.457 e. The van der Waals surface area contributed by atoms with E-state index >= 15 is 0 Å². The van der Waals surface area contributed by atoms with Crippen molar-refractivity contribution in [1.82, 2.24) is 4.72 Å². The van der Waals surface area contributed by atoms with E-state index in [0.717, 1.165) is 37.5 Å². The molecule has 0 saturated carbocycles. The van der Waals surface area contributed by atoms with E-state index in [2.05, 4.69) is 6.92 Å². The molecule has 0 aliphatic carbocycles. The Morgan fingerprint density at radius 2 is 1.81 bits per heavy atom. The number of amides is 1. The van der Waals surface area contributed by atoms with Crippen molar-refractivity contribution in [2.75, 3.05) is 6.26 Å². The Bertz CT molecular complexity index is 864. The number of sulfonamides is 1. The van der Waals surface area contributed by atoms with Crippen LogP contribution in [0.3, 0.4) is 0 Å². The number of nitrogens with one attached hydrogen (secondary N) is 1. The summed E-state index contributed by atoms with van der Waals surface area (Å²) in [5, 5.41) is 0.619. The smallest absolute Gasteiger partial charge is 0.264 e. The van der Waals surface area contributed by atoms with Crippen LogP contribution in [-0.4, -0.2) is 20.6 Å². The van der Waals surface area contributed by atoms with E-state index in [1.807, 2.05) is 4.72 Å². The zero-order chi connectivity index (χ0) is 19.2. The van der Waals surface area contributed by atoms with Crippen molar-refractivity contribution in [2.45, 2.75) is 32.6 Å². The maximum atomic E-state index is 12.1. The summed E-state index contributed by atoms with van der Waals surface area (Å²) < 4.78 is 30.5. The summed E-state index contributed by atoms with van der Waals surface area (Å²) in [6.45, 7) is 2.11. The molecule has 1 amide bonds. The third-order valence-electron chi connectivity index (χ3n) is 3.69. The van der Waals surface area contributed by atoms with Gasteiger partial charge < -0.3 is 4.74 Å². The first-order valence-corrected chi connectivity index (χ1v) is 10.6. The minimum absolute atomic E-state index is 0.283. The molecule has 26 heavy (non-hydrogen) atoms. The number of halogens is 1. The number of benzene rings is 2. The zero-order valence-electron chi connectivity index (χ0n) is 14.8. The lowest BCUT2D eigenvalue weighted by atomic mass is 10.0. The first kappa shape index (κ1) is 20.3. The Labute approximate surface area is 159 Å². The van der Waals surface area contributed by atoms with Gasteiger partial charge in [-0.15, -0.1) is 0 Å². The van der Waals surface area contributed by atoms with Crippen molar-refractivity contribution >= 4 is 27.5 Å². The van der Waals surface area contributed by atoms with Gasteiger partial charge >= 0.3 is 0 Å². The van der Waals surface area contributed by atoms with E-state index in [1.54, 1.807) is 42.5 Å². The van der Waals surface area contributed by atoms with Gasteiger partial charge in [0.25, 0.3) is 5.91 Å². The lowest BCUT2D eigenvalue weighted by Crippen LogP contribution is -2.29. The molecule has 140 valence electrons. The average molecular weight is 396 g/mol. The van der Waals surface area contributed by atoms with E-state index in [1.165, 1.54) is 0 Å². The van der Waals surface area contributed by atoms with Gasteiger partial charge in [-0.05, 0) is 60.9 Å². The van der Waals surface area contributed by atoms with E-state index < -0.39 is 15.9 Å². The number of ether oxygens (including phenoxy) is 1. The lowest BCUT2D eigenvalue weighted by Gasteiger charge is -2.13. The normalized spacial score (nSPS) is 11.2. The molecule has 0 atom stereocenters. The molecule has 0 aliphatic rings. The van der Waals surface area contributed by atoms with Crippen LogP contribution in [0.1, 0.15) is 42.1 Å². The fourth-order valence-corrected chi connectivity index (χ4v) is 3.02. The van der Waals surface area contributed by atoms with Crippen molar-refractivity contribution in [1.29, 1.82) is 0 Å². The fraction of sp³-hybridized carbons (Fsp3) is 0.316. The number of aryl methyl sites for hydroxylation is 1. The summed E-state index contributed by atoms with van der Waals surface area (Å²) in [6.07, 6.45) is 4.76. The second kappa shape index (κ2) is 9.05. The Balaban J connectivity index is 2.28. The molecule has 1 N–H and O–H groups in total. The van der Waals surface area contributed by atoms with Crippen molar-refractivity contribution in [3.63, 3.8) is 0 Å². The van der Waals surface area contributed by atoms with Crippen LogP contribution in [-0.2, 0) is 16.4 Å². The van der Waals surface area contributed by atoms with Gasteiger partial charge in [-0.2, -0.15) is 0 Å². The molecule has 7 heteroatoms. The summed E-state index contributed by atoms with van der Waals surface area (Å²) >= 11 is 5.89. The van der Waals surface area contributed by atoms with Gasteiger partial charge in [0.2, 0.25) is 10.0 Å². The van der Waals surface area contributed by atoms with Crippen LogP contribution in [0.15, 0.2) is 42.5 Å². The lowest BCUT2D eigenvalue weighted by molar-refractivity contribution is 0.0981. The highest BCUT2D eigenvalue weighted by Crippen LogP contribution is 2.28. The van der Waals surface area contributed by atoms with Crippen LogP contribution >= 0.6 is 11.6 Å². The number of hydrogen-bond donors (Lipinski definition) is 1. The molecule has 0 unspecified atom stereocenters. The molecule has 0 bridgehead atoms. The highest BCUT2D eigenvalue weighted by molar-refractivity contribution is 7.89. The Morgan fingerprint density at radius 1 is 1.12 bits per heavy atom. The third kappa shape index (κ3) is 6.35.